The Balaban J connectivity index is 1.64. The van der Waals surface area contributed by atoms with Crippen LogP contribution < -0.4 is 25.0 Å². The van der Waals surface area contributed by atoms with Crippen molar-refractivity contribution >= 4 is 17.8 Å². The highest BCUT2D eigenvalue weighted by Crippen LogP contribution is 2.25. The molecule has 178 valence electrons. The average molecular weight is 456 g/mol. The Hall–Kier alpha value is -3.36. The third-order valence-corrected chi connectivity index (χ3v) is 5.70. The number of benzene rings is 1. The van der Waals surface area contributed by atoms with Crippen LogP contribution in [-0.2, 0) is 16.0 Å². The van der Waals surface area contributed by atoms with Crippen LogP contribution in [0.2, 0.25) is 0 Å². The lowest BCUT2D eigenvalue weighted by atomic mass is 10.0. The number of carbonyl (C=O) groups excluding carboxylic acids is 2. The van der Waals surface area contributed by atoms with Gasteiger partial charge in [-0.15, -0.1) is 0 Å². The first-order chi connectivity index (χ1) is 15.8. The highest BCUT2D eigenvalue weighted by molar-refractivity contribution is 5.87. The van der Waals surface area contributed by atoms with Gasteiger partial charge in [0.25, 0.3) is 0 Å². The highest BCUT2D eigenvalue weighted by Gasteiger charge is 2.27. The monoisotopic (exact) mass is 455 g/mol. The summed E-state index contributed by atoms with van der Waals surface area (Å²) in [5.41, 5.74) is 2.67. The number of carbonyl (C=O) groups is 2. The molecule has 0 spiro atoms. The number of aryl methyl sites for hydroxylation is 2. The van der Waals surface area contributed by atoms with Gasteiger partial charge in [0.15, 0.2) is 0 Å². The molecule has 9 heteroatoms. The standard InChI is InChI=1S/C24H33N5O4/c1-15-12-16(2)26-24(25-15)29-10-8-19(9-11-29)28-23(31)21(27-17(3)30)14-18-13-20(32-4)6-7-22(18)33-5/h6-7,12-13,19,21H,8-11,14H2,1-5H3,(H,27,30)(H,28,31)/t21-/m1/s1. The fraction of sp³-hybridized carbons (Fsp3) is 0.500. The normalized spacial score (nSPS) is 15.0. The van der Waals surface area contributed by atoms with E-state index in [1.807, 2.05) is 26.0 Å². The zero-order chi connectivity index (χ0) is 24.0. The first-order valence-corrected chi connectivity index (χ1v) is 11.1. The molecule has 1 aliphatic heterocycles. The molecule has 0 bridgehead atoms. The van der Waals surface area contributed by atoms with Crippen molar-refractivity contribution in [3.63, 3.8) is 0 Å². The van der Waals surface area contributed by atoms with Crippen LogP contribution in [0.5, 0.6) is 11.5 Å². The van der Waals surface area contributed by atoms with E-state index >= 15 is 0 Å². The van der Waals surface area contributed by atoms with Gasteiger partial charge in [0.05, 0.1) is 14.2 Å². The molecule has 9 nitrogen and oxygen atoms in total. The van der Waals surface area contributed by atoms with E-state index in [0.29, 0.717) is 17.9 Å². The molecular formula is C24H33N5O4. The molecule has 1 aromatic heterocycles. The molecule has 3 rings (SSSR count). The van der Waals surface area contributed by atoms with Crippen LogP contribution in [0.15, 0.2) is 24.3 Å². The molecule has 1 atom stereocenters. The number of hydrogen-bond donors (Lipinski definition) is 2. The molecule has 2 N–H and O–H groups in total. The summed E-state index contributed by atoms with van der Waals surface area (Å²) < 4.78 is 10.7. The van der Waals surface area contributed by atoms with Crippen molar-refractivity contribution < 1.29 is 19.1 Å². The summed E-state index contributed by atoms with van der Waals surface area (Å²) in [4.78, 5) is 36.1. The number of nitrogens with zero attached hydrogens (tertiary/aromatic N) is 3. The van der Waals surface area contributed by atoms with Gasteiger partial charge in [-0.25, -0.2) is 9.97 Å². The summed E-state index contributed by atoms with van der Waals surface area (Å²) in [6.45, 7) is 6.84. The Kier molecular flexibility index (Phi) is 8.08. The number of nitrogens with one attached hydrogen (secondary N) is 2. The Bertz CT molecular complexity index is 969. The van der Waals surface area contributed by atoms with Crippen molar-refractivity contribution in [1.29, 1.82) is 0 Å². The number of anilines is 1. The Morgan fingerprint density at radius 1 is 1.09 bits per heavy atom. The molecule has 1 saturated heterocycles. The second-order valence-corrected chi connectivity index (χ2v) is 8.36. The van der Waals surface area contributed by atoms with Gasteiger partial charge >= 0.3 is 0 Å². The molecule has 2 aromatic rings. The maximum absolute atomic E-state index is 13.1. The van der Waals surface area contributed by atoms with Crippen LogP contribution in [0.1, 0.15) is 36.7 Å². The molecule has 0 aliphatic carbocycles. The fourth-order valence-corrected chi connectivity index (χ4v) is 4.09. The lowest BCUT2D eigenvalue weighted by Gasteiger charge is -2.33. The van der Waals surface area contributed by atoms with E-state index < -0.39 is 6.04 Å². The minimum Gasteiger partial charge on any atom is -0.497 e. The highest BCUT2D eigenvalue weighted by atomic mass is 16.5. The Labute approximate surface area is 194 Å². The molecule has 2 heterocycles. The molecule has 0 radical (unpaired) electrons. The largest absolute Gasteiger partial charge is 0.497 e. The number of ether oxygens (including phenoxy) is 2. The van der Waals surface area contributed by atoms with Crippen molar-refractivity contribution in [1.82, 2.24) is 20.6 Å². The number of aromatic nitrogens is 2. The predicted octanol–water partition coefficient (Wildman–Crippen LogP) is 1.94. The molecule has 2 amide bonds. The van der Waals surface area contributed by atoms with Crippen LogP contribution >= 0.6 is 0 Å². The van der Waals surface area contributed by atoms with Gasteiger partial charge in [0.1, 0.15) is 17.5 Å². The van der Waals surface area contributed by atoms with E-state index in [-0.39, 0.29) is 17.9 Å². The lowest BCUT2D eigenvalue weighted by molar-refractivity contribution is -0.128. The van der Waals surface area contributed by atoms with Crippen LogP contribution in [-0.4, -0.2) is 61.2 Å². The van der Waals surface area contributed by atoms with E-state index in [9.17, 15) is 9.59 Å². The SMILES string of the molecule is COc1ccc(OC)c(C[C@@H](NC(C)=O)C(=O)NC2CCN(c3nc(C)cc(C)n3)CC2)c1. The second kappa shape index (κ2) is 11.0. The minimum atomic E-state index is -0.718. The van der Waals surface area contributed by atoms with Crippen LogP contribution in [0.25, 0.3) is 0 Å². The van der Waals surface area contributed by atoms with E-state index in [1.165, 1.54) is 6.92 Å². The Morgan fingerprint density at radius 3 is 2.33 bits per heavy atom. The molecular weight excluding hydrogens is 422 g/mol. The maximum Gasteiger partial charge on any atom is 0.243 e. The first kappa shape index (κ1) is 24.3. The van der Waals surface area contributed by atoms with Crippen molar-refractivity contribution in [3.8, 4) is 11.5 Å². The van der Waals surface area contributed by atoms with Crippen molar-refractivity contribution in [3.05, 3.63) is 41.2 Å². The maximum atomic E-state index is 13.1. The Morgan fingerprint density at radius 2 is 1.76 bits per heavy atom. The lowest BCUT2D eigenvalue weighted by Crippen LogP contribution is -2.52. The summed E-state index contributed by atoms with van der Waals surface area (Å²) in [5, 5.41) is 5.89. The van der Waals surface area contributed by atoms with Gasteiger partial charge in [-0.3, -0.25) is 9.59 Å². The molecule has 0 saturated carbocycles. The summed E-state index contributed by atoms with van der Waals surface area (Å²) in [6, 6.07) is 6.66. The molecule has 1 fully saturated rings. The van der Waals surface area contributed by atoms with Crippen LogP contribution in [0.3, 0.4) is 0 Å². The van der Waals surface area contributed by atoms with Gasteiger partial charge in [0, 0.05) is 49.4 Å². The van der Waals surface area contributed by atoms with Crippen LogP contribution in [0, 0.1) is 13.8 Å². The molecule has 1 aromatic carbocycles. The fourth-order valence-electron chi connectivity index (χ4n) is 4.09. The molecule has 0 unspecified atom stereocenters. The minimum absolute atomic E-state index is 0.0168. The predicted molar refractivity (Wildman–Crippen MR) is 126 cm³/mol. The van der Waals surface area contributed by atoms with Crippen molar-refractivity contribution in [2.45, 2.75) is 52.1 Å². The zero-order valence-corrected chi connectivity index (χ0v) is 20.0. The van der Waals surface area contributed by atoms with Gasteiger partial charge in [0.2, 0.25) is 17.8 Å². The topological polar surface area (TPSA) is 106 Å². The van der Waals surface area contributed by atoms with E-state index in [2.05, 4.69) is 25.5 Å². The molecule has 33 heavy (non-hydrogen) atoms. The van der Waals surface area contributed by atoms with Gasteiger partial charge in [-0.2, -0.15) is 0 Å². The summed E-state index contributed by atoms with van der Waals surface area (Å²) in [7, 11) is 3.16. The van der Waals surface area contributed by atoms with Gasteiger partial charge in [-0.05, 0) is 51.0 Å². The van der Waals surface area contributed by atoms with Crippen LogP contribution in [0.4, 0.5) is 5.95 Å². The number of rotatable bonds is 8. The van der Waals surface area contributed by atoms with Crippen molar-refractivity contribution in [2.75, 3.05) is 32.2 Å². The number of amides is 2. The number of piperidine rings is 1. The third-order valence-electron chi connectivity index (χ3n) is 5.70. The third kappa shape index (κ3) is 6.57. The summed E-state index contributed by atoms with van der Waals surface area (Å²) in [6.07, 6.45) is 1.84. The second-order valence-electron chi connectivity index (χ2n) is 8.36. The van der Waals surface area contributed by atoms with Gasteiger partial charge < -0.3 is 25.0 Å². The smallest absolute Gasteiger partial charge is 0.243 e. The van der Waals surface area contributed by atoms with E-state index in [0.717, 1.165) is 48.8 Å². The van der Waals surface area contributed by atoms with Crippen molar-refractivity contribution in [2.24, 2.45) is 0 Å². The zero-order valence-electron chi connectivity index (χ0n) is 20.0. The summed E-state index contributed by atoms with van der Waals surface area (Å²) >= 11 is 0. The summed E-state index contributed by atoms with van der Waals surface area (Å²) in [5.74, 6) is 1.56. The van der Waals surface area contributed by atoms with Gasteiger partial charge in [-0.1, -0.05) is 0 Å². The number of hydrogen-bond acceptors (Lipinski definition) is 7. The van der Waals surface area contributed by atoms with E-state index in [4.69, 9.17) is 9.47 Å². The quantitative estimate of drug-likeness (QED) is 0.627. The molecule has 1 aliphatic rings. The average Bonchev–Trinajstić information content (AvgIpc) is 2.78. The van der Waals surface area contributed by atoms with E-state index in [1.54, 1.807) is 26.4 Å². The number of methoxy groups -OCH3 is 2. The first-order valence-electron chi connectivity index (χ1n) is 11.1.